The summed E-state index contributed by atoms with van der Waals surface area (Å²) in [5, 5.41) is 57.0. The molecule has 0 unspecified atom stereocenters. The summed E-state index contributed by atoms with van der Waals surface area (Å²) in [5.74, 6) is 0.128. The van der Waals surface area contributed by atoms with Crippen LogP contribution in [0.25, 0.3) is 0 Å². The number of ether oxygens (including phenoxy) is 1. The molecule has 1 aliphatic heterocycles. The van der Waals surface area contributed by atoms with Gasteiger partial charge in [0.2, 0.25) is 0 Å². The predicted molar refractivity (Wildman–Crippen MR) is 150 cm³/mol. The van der Waals surface area contributed by atoms with Crippen molar-refractivity contribution in [2.75, 3.05) is 6.61 Å². The number of aliphatic hydroxyl groups excluding tert-OH is 3. The lowest BCUT2D eigenvalue weighted by Crippen LogP contribution is -2.63. The largest absolute Gasteiger partial charge is 0.394 e. The quantitative estimate of drug-likeness (QED) is 0.348. The number of allylic oxidation sites excluding steroid dienone is 1. The van der Waals surface area contributed by atoms with Crippen molar-refractivity contribution in [1.82, 2.24) is 0 Å². The van der Waals surface area contributed by atoms with E-state index >= 15 is 0 Å². The number of fused-ring (bicyclic) bond motifs is 5. The minimum Gasteiger partial charge on any atom is -0.394 e. The maximum Gasteiger partial charge on any atom is 0.159 e. The number of ketones is 1. The van der Waals surface area contributed by atoms with E-state index in [4.69, 9.17) is 4.74 Å². The van der Waals surface area contributed by atoms with Crippen molar-refractivity contribution in [3.63, 3.8) is 0 Å². The fourth-order valence-corrected chi connectivity index (χ4v) is 11.4. The lowest BCUT2D eigenvalue weighted by molar-refractivity contribution is -0.197. The van der Waals surface area contributed by atoms with Crippen LogP contribution >= 0.6 is 0 Å². The Morgan fingerprint density at radius 3 is 2.45 bits per heavy atom. The molecule has 1 heterocycles. The Hall–Kier alpha value is -0.830. The maximum atomic E-state index is 13.4. The SMILES string of the molecule is C[C@H]1[C@@H]([C@@H](O)[C@@](C)(O)[C@H]2CC[C@@]3(O)C4=CC(=O)[C@@H]5C[C@@H](O)CC[C@]5(C)[C@H]4CC[C@]23C)O[C@@H](CO)[C@@H]1C1CCCC1. The zero-order valence-corrected chi connectivity index (χ0v) is 24.9. The summed E-state index contributed by atoms with van der Waals surface area (Å²) >= 11 is 0. The Kier molecular flexibility index (Phi) is 7.20. The fraction of sp³-hybridized carbons (Fsp3) is 0.909. The Labute approximate surface area is 239 Å². The Bertz CT molecular complexity index is 1030. The normalized spacial score (nSPS) is 51.5. The topological polar surface area (TPSA) is 127 Å². The minimum atomic E-state index is -1.52. The molecule has 5 fully saturated rings. The van der Waals surface area contributed by atoms with Crippen LogP contribution in [0.5, 0.6) is 0 Å². The van der Waals surface area contributed by atoms with Gasteiger partial charge in [-0.2, -0.15) is 0 Å². The number of aliphatic hydroxyl groups is 5. The summed E-state index contributed by atoms with van der Waals surface area (Å²) in [4.78, 5) is 13.4. The van der Waals surface area contributed by atoms with E-state index in [1.807, 2.05) is 6.92 Å². The first-order valence-electron chi connectivity index (χ1n) is 16.1. The van der Waals surface area contributed by atoms with E-state index < -0.39 is 34.9 Å². The molecule has 6 aliphatic rings. The molecule has 4 saturated carbocycles. The highest BCUT2D eigenvalue weighted by Crippen LogP contribution is 2.68. The van der Waals surface area contributed by atoms with Gasteiger partial charge in [-0.05, 0) is 98.5 Å². The van der Waals surface area contributed by atoms with Crippen LogP contribution in [-0.4, -0.2) is 73.5 Å². The van der Waals surface area contributed by atoms with Gasteiger partial charge in [-0.3, -0.25) is 4.79 Å². The van der Waals surface area contributed by atoms with Crippen LogP contribution < -0.4 is 0 Å². The molecule has 0 aromatic heterocycles. The summed E-state index contributed by atoms with van der Waals surface area (Å²) in [5.41, 5.74) is -2.91. The van der Waals surface area contributed by atoms with E-state index in [-0.39, 0.29) is 53.5 Å². The first-order chi connectivity index (χ1) is 18.8. The number of carbonyl (C=O) groups is 1. The molecule has 1 saturated heterocycles. The molecule has 0 aromatic rings. The van der Waals surface area contributed by atoms with Crippen molar-refractivity contribution in [1.29, 1.82) is 0 Å². The molecule has 5 N–H and O–H groups in total. The van der Waals surface area contributed by atoms with Gasteiger partial charge < -0.3 is 30.3 Å². The Balaban J connectivity index is 1.28. The molecule has 0 amide bonds. The number of hydrogen-bond acceptors (Lipinski definition) is 7. The highest BCUT2D eigenvalue weighted by atomic mass is 16.5. The van der Waals surface area contributed by atoms with Crippen molar-refractivity contribution in [2.45, 2.75) is 134 Å². The summed E-state index contributed by atoms with van der Waals surface area (Å²) in [7, 11) is 0. The maximum absolute atomic E-state index is 13.4. The summed E-state index contributed by atoms with van der Waals surface area (Å²) in [6.07, 6.45) is 8.24. The fourth-order valence-electron chi connectivity index (χ4n) is 11.4. The van der Waals surface area contributed by atoms with Crippen molar-refractivity contribution in [3.05, 3.63) is 11.6 Å². The monoisotopic (exact) mass is 560 g/mol. The lowest BCUT2D eigenvalue weighted by Gasteiger charge is -2.60. The molecule has 0 aromatic carbocycles. The van der Waals surface area contributed by atoms with Gasteiger partial charge in [-0.1, -0.05) is 46.5 Å². The average Bonchev–Trinajstić information content (AvgIpc) is 3.61. The Morgan fingerprint density at radius 2 is 1.77 bits per heavy atom. The van der Waals surface area contributed by atoms with Gasteiger partial charge in [0.05, 0.1) is 36.1 Å². The van der Waals surface area contributed by atoms with Crippen LogP contribution in [0.3, 0.4) is 0 Å². The van der Waals surface area contributed by atoms with Crippen molar-refractivity contribution in [3.8, 4) is 0 Å². The molecule has 7 heteroatoms. The molecule has 6 rings (SSSR count). The summed E-state index contributed by atoms with van der Waals surface area (Å²) in [6.45, 7) is 7.94. The van der Waals surface area contributed by atoms with Crippen molar-refractivity contribution < 1.29 is 35.1 Å². The average molecular weight is 561 g/mol. The van der Waals surface area contributed by atoms with Gasteiger partial charge in [-0.15, -0.1) is 0 Å². The first kappa shape index (κ1) is 29.3. The van der Waals surface area contributed by atoms with Crippen LogP contribution in [0.2, 0.25) is 0 Å². The van der Waals surface area contributed by atoms with Crippen LogP contribution in [0.15, 0.2) is 11.6 Å². The number of carbonyl (C=O) groups excluding carboxylic acids is 1. The summed E-state index contributed by atoms with van der Waals surface area (Å²) in [6, 6.07) is 0. The molecule has 0 spiro atoms. The van der Waals surface area contributed by atoms with Gasteiger partial charge in [-0.25, -0.2) is 0 Å². The number of hydrogen-bond donors (Lipinski definition) is 5. The molecular weight excluding hydrogens is 508 g/mol. The molecule has 0 radical (unpaired) electrons. The van der Waals surface area contributed by atoms with Crippen molar-refractivity contribution >= 4 is 5.78 Å². The number of rotatable bonds is 5. The van der Waals surface area contributed by atoms with Crippen molar-refractivity contribution in [2.24, 2.45) is 46.3 Å². The molecular formula is C33H52O7. The third-order valence-electron chi connectivity index (χ3n) is 13.7. The Morgan fingerprint density at radius 1 is 1.07 bits per heavy atom. The van der Waals surface area contributed by atoms with Gasteiger partial charge in [0.1, 0.15) is 6.10 Å². The van der Waals surface area contributed by atoms with E-state index in [1.54, 1.807) is 13.0 Å². The zero-order chi connectivity index (χ0) is 28.8. The summed E-state index contributed by atoms with van der Waals surface area (Å²) < 4.78 is 6.33. The van der Waals surface area contributed by atoms with Crippen LogP contribution in [-0.2, 0) is 9.53 Å². The lowest BCUT2D eigenvalue weighted by atomic mass is 9.46. The zero-order valence-electron chi connectivity index (χ0n) is 24.9. The molecule has 0 bridgehead atoms. The molecule has 5 aliphatic carbocycles. The molecule has 7 nitrogen and oxygen atoms in total. The highest BCUT2D eigenvalue weighted by molar-refractivity contribution is 5.95. The van der Waals surface area contributed by atoms with E-state index in [9.17, 15) is 30.3 Å². The second kappa shape index (κ2) is 9.85. The van der Waals surface area contributed by atoms with E-state index in [0.29, 0.717) is 38.0 Å². The molecule has 40 heavy (non-hydrogen) atoms. The van der Waals surface area contributed by atoms with Crippen LogP contribution in [0.1, 0.15) is 98.3 Å². The second-order valence-electron chi connectivity index (χ2n) is 15.4. The highest BCUT2D eigenvalue weighted by Gasteiger charge is 2.69. The third-order valence-corrected chi connectivity index (χ3v) is 13.7. The molecule has 13 atom stereocenters. The standard InChI is InChI=1S/C33H52O7/c1-18-27(19-7-5-6-8-19)25(17-34)40-28(18)29(37)32(4,38)26-11-14-33(39)22-16-24(36)23-15-20(35)9-12-30(23,2)21(22)10-13-31(26,33)3/h16,18-21,23,25-29,34-35,37-39H,5-15,17H2,1-4H3/t18-,20+,21+,23+,25+,26+,27+,28+,29-,30-,31-,32+,33-/m1/s1. The predicted octanol–water partition coefficient (Wildman–Crippen LogP) is 3.53. The minimum absolute atomic E-state index is 0.00256. The van der Waals surface area contributed by atoms with Gasteiger partial charge >= 0.3 is 0 Å². The van der Waals surface area contributed by atoms with Gasteiger partial charge in [0.15, 0.2) is 5.78 Å². The van der Waals surface area contributed by atoms with Crippen LogP contribution in [0, 0.1) is 46.3 Å². The van der Waals surface area contributed by atoms with E-state index in [2.05, 4.69) is 13.8 Å². The van der Waals surface area contributed by atoms with E-state index in [0.717, 1.165) is 31.3 Å². The van der Waals surface area contributed by atoms with E-state index in [1.165, 1.54) is 12.8 Å². The van der Waals surface area contributed by atoms with Crippen LogP contribution in [0.4, 0.5) is 0 Å². The third kappa shape index (κ3) is 3.93. The smallest absolute Gasteiger partial charge is 0.159 e. The second-order valence-corrected chi connectivity index (χ2v) is 15.4. The van der Waals surface area contributed by atoms with Gasteiger partial charge in [0, 0.05) is 11.3 Å². The van der Waals surface area contributed by atoms with Gasteiger partial charge in [0.25, 0.3) is 0 Å². The first-order valence-corrected chi connectivity index (χ1v) is 16.1. The molecule has 226 valence electrons.